The molecule has 4 aliphatic rings. The molecule has 0 saturated carbocycles. The maximum Gasteiger partial charge on any atom is 0.243 e. The molecule has 7 heteroatoms. The van der Waals surface area contributed by atoms with E-state index in [1.807, 2.05) is 4.90 Å². The van der Waals surface area contributed by atoms with Gasteiger partial charge in [0, 0.05) is 45.4 Å². The van der Waals surface area contributed by atoms with Gasteiger partial charge in [-0.15, -0.1) is 0 Å². The number of carbonyl (C=O) groups excluding carboxylic acids is 2. The minimum Gasteiger partial charge on any atom is -0.381 e. The zero-order valence-corrected chi connectivity index (χ0v) is 20.7. The number of rotatable bonds is 5. The summed E-state index contributed by atoms with van der Waals surface area (Å²) in [4.78, 5) is 33.2. The minimum atomic E-state index is -0.347. The molecule has 7 nitrogen and oxygen atoms in total. The van der Waals surface area contributed by atoms with Crippen LogP contribution in [-0.4, -0.2) is 97.1 Å². The minimum absolute atomic E-state index is 0.0677. The van der Waals surface area contributed by atoms with Crippen LogP contribution < -0.4 is 5.32 Å². The number of amides is 2. The fourth-order valence-electron chi connectivity index (χ4n) is 6.22. The summed E-state index contributed by atoms with van der Waals surface area (Å²) in [7, 11) is 2.13. The number of fused-ring (bicyclic) bond motifs is 1. The smallest absolute Gasteiger partial charge is 0.243 e. The molecule has 0 aliphatic carbocycles. The molecule has 4 fully saturated rings. The molecule has 0 radical (unpaired) electrons. The fraction of sp³-hybridized carbons (Fsp3) is 0.920. The highest BCUT2D eigenvalue weighted by atomic mass is 16.5. The van der Waals surface area contributed by atoms with Crippen molar-refractivity contribution in [2.45, 2.75) is 83.3 Å². The zero-order chi connectivity index (χ0) is 22.9. The van der Waals surface area contributed by atoms with Crippen molar-refractivity contribution >= 4 is 11.8 Å². The van der Waals surface area contributed by atoms with Gasteiger partial charge in [0.15, 0.2) is 0 Å². The van der Waals surface area contributed by atoms with Crippen molar-refractivity contribution in [1.29, 1.82) is 0 Å². The average molecular weight is 449 g/mol. The van der Waals surface area contributed by atoms with E-state index in [0.29, 0.717) is 13.0 Å². The van der Waals surface area contributed by atoms with Gasteiger partial charge in [-0.05, 0) is 63.5 Å². The van der Waals surface area contributed by atoms with E-state index in [0.717, 1.165) is 64.6 Å². The van der Waals surface area contributed by atoms with Crippen LogP contribution in [0.15, 0.2) is 0 Å². The van der Waals surface area contributed by atoms with Crippen LogP contribution in [0.4, 0.5) is 0 Å². The Kier molecular flexibility index (Phi) is 7.18. The molecule has 0 bridgehead atoms. The summed E-state index contributed by atoms with van der Waals surface area (Å²) in [6, 6.07) is -0.0455. The molecule has 1 spiro atoms. The molecule has 4 aliphatic heterocycles. The summed E-state index contributed by atoms with van der Waals surface area (Å²) < 4.78 is 5.48. The molecule has 1 N–H and O–H groups in total. The number of piperidine rings is 1. The third kappa shape index (κ3) is 5.65. The number of ether oxygens (including phenoxy) is 1. The lowest BCUT2D eigenvalue weighted by Crippen LogP contribution is -2.56. The Morgan fingerprint density at radius 3 is 2.50 bits per heavy atom. The number of nitrogens with zero attached hydrogens (tertiary/aromatic N) is 3. The van der Waals surface area contributed by atoms with Gasteiger partial charge in [-0.3, -0.25) is 9.59 Å². The number of hydrogen-bond donors (Lipinski definition) is 1. The highest BCUT2D eigenvalue weighted by Gasteiger charge is 2.49. The summed E-state index contributed by atoms with van der Waals surface area (Å²) in [6.45, 7) is 13.2. The van der Waals surface area contributed by atoms with Gasteiger partial charge in [-0.25, -0.2) is 0 Å². The van der Waals surface area contributed by atoms with Crippen LogP contribution in [0.25, 0.3) is 0 Å². The van der Waals surface area contributed by atoms with Gasteiger partial charge >= 0.3 is 0 Å². The molecule has 0 aromatic rings. The number of likely N-dealkylation sites (tertiary alicyclic amines) is 1. The fourth-order valence-corrected chi connectivity index (χ4v) is 6.22. The van der Waals surface area contributed by atoms with Crippen molar-refractivity contribution < 1.29 is 14.3 Å². The Hall–Kier alpha value is -1.18. The lowest BCUT2D eigenvalue weighted by molar-refractivity contribution is -0.135. The van der Waals surface area contributed by atoms with E-state index in [1.54, 1.807) is 0 Å². The standard InChI is InChI=1S/C25H44N4O3/c1-24(2,3)18-27(4)20-15-21-23(31)26-25(16-22(30)29(21)17-20)8-11-28(12-9-25)10-5-19-6-13-32-14-7-19/h19-21H,5-18H2,1-4H3,(H,26,31)/t20-,21-/m0/s1. The van der Waals surface area contributed by atoms with E-state index >= 15 is 0 Å². The van der Waals surface area contributed by atoms with Crippen molar-refractivity contribution in [3.05, 3.63) is 0 Å². The van der Waals surface area contributed by atoms with Crippen molar-refractivity contribution in [3.63, 3.8) is 0 Å². The summed E-state index contributed by atoms with van der Waals surface area (Å²) in [5, 5.41) is 3.37. The van der Waals surface area contributed by atoms with E-state index < -0.39 is 0 Å². The molecule has 4 saturated heterocycles. The van der Waals surface area contributed by atoms with E-state index in [1.165, 1.54) is 19.3 Å². The highest BCUT2D eigenvalue weighted by Crippen LogP contribution is 2.34. The first-order valence-electron chi connectivity index (χ1n) is 12.8. The predicted octanol–water partition coefficient (Wildman–Crippen LogP) is 2.11. The number of nitrogens with one attached hydrogen (secondary N) is 1. The van der Waals surface area contributed by atoms with Crippen LogP contribution in [-0.2, 0) is 14.3 Å². The molecular weight excluding hydrogens is 404 g/mol. The Balaban J connectivity index is 1.31. The maximum atomic E-state index is 13.3. The Morgan fingerprint density at radius 1 is 1.16 bits per heavy atom. The highest BCUT2D eigenvalue weighted by molar-refractivity contribution is 5.92. The quantitative estimate of drug-likeness (QED) is 0.698. The molecule has 2 atom stereocenters. The van der Waals surface area contributed by atoms with Gasteiger partial charge in [-0.2, -0.15) is 0 Å². The van der Waals surface area contributed by atoms with E-state index in [4.69, 9.17) is 4.74 Å². The number of hydrogen-bond acceptors (Lipinski definition) is 5. The first-order chi connectivity index (χ1) is 15.1. The number of carbonyl (C=O) groups is 2. The predicted molar refractivity (Wildman–Crippen MR) is 125 cm³/mol. The lowest BCUT2D eigenvalue weighted by Gasteiger charge is -2.42. The summed E-state index contributed by atoms with van der Waals surface area (Å²) in [5.41, 5.74) is -0.149. The largest absolute Gasteiger partial charge is 0.381 e. The summed E-state index contributed by atoms with van der Waals surface area (Å²) in [5.74, 6) is 1.02. The molecule has 4 heterocycles. The van der Waals surface area contributed by atoms with Crippen molar-refractivity contribution in [1.82, 2.24) is 20.0 Å². The van der Waals surface area contributed by atoms with E-state index in [2.05, 4.69) is 42.9 Å². The first kappa shape index (κ1) is 24.0. The van der Waals surface area contributed by atoms with Gasteiger partial charge in [-0.1, -0.05) is 20.8 Å². The molecule has 0 aromatic heterocycles. The second-order valence-corrected chi connectivity index (χ2v) is 12.1. The van der Waals surface area contributed by atoms with Crippen LogP contribution in [0, 0.1) is 11.3 Å². The van der Waals surface area contributed by atoms with Crippen LogP contribution in [0.2, 0.25) is 0 Å². The SMILES string of the molecule is CN(CC(C)(C)C)[C@H]1C[C@H]2C(=O)NC3(CCN(CCC4CCOCC4)CC3)CC(=O)N2C1. The molecular formula is C25H44N4O3. The van der Waals surface area contributed by atoms with Crippen LogP contribution >= 0.6 is 0 Å². The molecule has 4 rings (SSSR count). The van der Waals surface area contributed by atoms with E-state index in [9.17, 15) is 9.59 Å². The van der Waals surface area contributed by atoms with Gasteiger partial charge in [0.25, 0.3) is 0 Å². The lowest BCUT2D eigenvalue weighted by atomic mass is 9.83. The Labute approximate surface area is 194 Å². The third-order valence-electron chi connectivity index (χ3n) is 8.13. The van der Waals surface area contributed by atoms with Gasteiger partial charge in [0.2, 0.25) is 11.8 Å². The topological polar surface area (TPSA) is 65.1 Å². The maximum absolute atomic E-state index is 13.3. The molecule has 32 heavy (non-hydrogen) atoms. The van der Waals surface area contributed by atoms with Gasteiger partial charge in [0.1, 0.15) is 6.04 Å². The summed E-state index contributed by atoms with van der Waals surface area (Å²) in [6.07, 6.45) is 6.58. The van der Waals surface area contributed by atoms with Crippen molar-refractivity contribution in [3.8, 4) is 0 Å². The molecule has 2 amide bonds. The normalized spacial score (nSPS) is 30.0. The second kappa shape index (κ2) is 9.59. The first-order valence-corrected chi connectivity index (χ1v) is 12.8. The Morgan fingerprint density at radius 2 is 1.84 bits per heavy atom. The van der Waals surface area contributed by atoms with Gasteiger partial charge < -0.3 is 24.8 Å². The monoisotopic (exact) mass is 448 g/mol. The summed E-state index contributed by atoms with van der Waals surface area (Å²) >= 11 is 0. The van der Waals surface area contributed by atoms with Crippen molar-refractivity contribution in [2.75, 3.05) is 53.0 Å². The van der Waals surface area contributed by atoms with Crippen LogP contribution in [0.3, 0.4) is 0 Å². The third-order valence-corrected chi connectivity index (χ3v) is 8.13. The zero-order valence-electron chi connectivity index (χ0n) is 20.7. The van der Waals surface area contributed by atoms with Gasteiger partial charge in [0.05, 0.1) is 12.0 Å². The Bertz CT molecular complexity index is 649. The second-order valence-electron chi connectivity index (χ2n) is 12.1. The van der Waals surface area contributed by atoms with E-state index in [-0.39, 0.29) is 34.9 Å². The molecule has 0 unspecified atom stereocenters. The number of likely N-dealkylation sites (N-methyl/N-ethyl adjacent to an activating group) is 1. The van der Waals surface area contributed by atoms with Crippen LogP contribution in [0.5, 0.6) is 0 Å². The average Bonchev–Trinajstić information content (AvgIpc) is 3.16. The molecule has 182 valence electrons. The molecule has 0 aromatic carbocycles. The van der Waals surface area contributed by atoms with Crippen LogP contribution in [0.1, 0.15) is 65.7 Å². The van der Waals surface area contributed by atoms with Crippen molar-refractivity contribution in [2.24, 2.45) is 11.3 Å².